The molecule has 6 nitrogen and oxygen atoms in total. The molecule has 2 aromatic carbocycles. The fourth-order valence-electron chi connectivity index (χ4n) is 2.52. The van der Waals surface area contributed by atoms with E-state index in [0.29, 0.717) is 12.0 Å². The van der Waals surface area contributed by atoms with Crippen LogP contribution in [-0.4, -0.2) is 33.5 Å². The molecule has 0 saturated carbocycles. The van der Waals surface area contributed by atoms with Crippen molar-refractivity contribution in [3.05, 3.63) is 71.8 Å². The van der Waals surface area contributed by atoms with Gasteiger partial charge >= 0.3 is 0 Å². The third-order valence-electron chi connectivity index (χ3n) is 4.06. The number of aryl methyl sites for hydroxylation is 1. The molecule has 0 amide bonds. The zero-order chi connectivity index (χ0) is 19.2. The van der Waals surface area contributed by atoms with Gasteiger partial charge < -0.3 is 15.3 Å². The average molecular weight is 378 g/mol. The summed E-state index contributed by atoms with van der Waals surface area (Å²) < 4.78 is 32.6. The molecular weight excluding hydrogens is 356 g/mol. The normalized spacial score (nSPS) is 14.4. The number of phenols is 2. The maximum Gasteiger partial charge on any atom is 0.268 e. The molecule has 4 N–H and O–H groups in total. The first kappa shape index (κ1) is 20.0. The van der Waals surface area contributed by atoms with Gasteiger partial charge in [0.2, 0.25) is 0 Å². The minimum atomic E-state index is -4.23. The number of hydrogen-bond acceptors (Lipinski definition) is 5. The van der Waals surface area contributed by atoms with Gasteiger partial charge in [-0.15, -0.1) is 0 Å². The van der Waals surface area contributed by atoms with Crippen molar-refractivity contribution in [3.63, 3.8) is 0 Å². The molecule has 7 heteroatoms. The number of aromatic hydroxyl groups is 2. The smallest absolute Gasteiger partial charge is 0.268 e. The summed E-state index contributed by atoms with van der Waals surface area (Å²) in [4.78, 5) is 0. The van der Waals surface area contributed by atoms with Gasteiger partial charge in [0.15, 0.2) is 0 Å². The zero-order valence-electron chi connectivity index (χ0n) is 14.1. The Hall–Kier alpha value is -2.35. The summed E-state index contributed by atoms with van der Waals surface area (Å²) in [6.07, 6.45) is 2.74. The number of aliphatic hydroxyl groups excluding tert-OH is 1. The van der Waals surface area contributed by atoms with Crippen LogP contribution in [-0.2, 0) is 16.5 Å². The van der Waals surface area contributed by atoms with E-state index in [4.69, 9.17) is 0 Å². The van der Waals surface area contributed by atoms with Gasteiger partial charge in [0.1, 0.15) is 11.5 Å². The Morgan fingerprint density at radius 2 is 1.46 bits per heavy atom. The summed E-state index contributed by atoms with van der Waals surface area (Å²) in [6, 6.07) is 12.5. The molecule has 2 rings (SSSR count). The van der Waals surface area contributed by atoms with Gasteiger partial charge in [0.05, 0.1) is 11.4 Å². The van der Waals surface area contributed by atoms with Gasteiger partial charge in [0.25, 0.3) is 10.1 Å². The van der Waals surface area contributed by atoms with Crippen LogP contribution in [0.25, 0.3) is 0 Å². The summed E-state index contributed by atoms with van der Waals surface area (Å²) in [5.74, 6) is 0.219. The fourth-order valence-corrected chi connectivity index (χ4v) is 3.29. The predicted molar refractivity (Wildman–Crippen MR) is 98.6 cm³/mol. The highest BCUT2D eigenvalue weighted by Crippen LogP contribution is 2.20. The number of hydrogen-bond donors (Lipinski definition) is 4. The molecule has 0 aliphatic rings. The molecule has 2 aromatic rings. The second-order valence-corrected chi connectivity index (χ2v) is 7.74. The highest BCUT2D eigenvalue weighted by molar-refractivity contribution is 7.86. The third kappa shape index (κ3) is 6.18. The maximum atomic E-state index is 11.6. The highest BCUT2D eigenvalue weighted by atomic mass is 32.2. The van der Waals surface area contributed by atoms with Crippen LogP contribution in [0.5, 0.6) is 11.5 Å². The monoisotopic (exact) mass is 378 g/mol. The first-order chi connectivity index (χ1) is 12.3. The van der Waals surface area contributed by atoms with Crippen LogP contribution in [0.4, 0.5) is 0 Å². The van der Waals surface area contributed by atoms with E-state index in [9.17, 15) is 28.3 Å². The van der Waals surface area contributed by atoms with E-state index in [1.165, 1.54) is 36.4 Å². The topological polar surface area (TPSA) is 115 Å². The van der Waals surface area contributed by atoms with E-state index in [1.807, 2.05) is 0 Å². The van der Waals surface area contributed by atoms with Gasteiger partial charge in [-0.05, 0) is 54.7 Å². The second kappa shape index (κ2) is 8.84. The molecule has 140 valence electrons. The van der Waals surface area contributed by atoms with Crippen molar-refractivity contribution >= 4 is 10.1 Å². The van der Waals surface area contributed by atoms with Gasteiger partial charge in [0, 0.05) is 0 Å². The molecule has 0 saturated heterocycles. The number of allylic oxidation sites excluding steroid dienone is 1. The Morgan fingerprint density at radius 3 is 2.00 bits per heavy atom. The van der Waals surface area contributed by atoms with E-state index in [1.54, 1.807) is 24.3 Å². The van der Waals surface area contributed by atoms with Crippen molar-refractivity contribution in [2.45, 2.75) is 30.6 Å². The van der Waals surface area contributed by atoms with Crippen molar-refractivity contribution in [2.24, 2.45) is 0 Å². The number of phenolic OH excluding ortho intramolecular Hbond substituents is 2. The lowest BCUT2D eigenvalue weighted by atomic mass is 10.1. The van der Waals surface area contributed by atoms with Crippen LogP contribution in [0.1, 0.15) is 30.1 Å². The van der Waals surface area contributed by atoms with E-state index >= 15 is 0 Å². The lowest BCUT2D eigenvalue weighted by molar-refractivity contribution is 0.228. The Bertz CT molecular complexity index is 825. The summed E-state index contributed by atoms with van der Waals surface area (Å²) in [5, 5.41) is 27.6. The van der Waals surface area contributed by atoms with Crippen LogP contribution in [0, 0.1) is 0 Å². The lowest BCUT2D eigenvalue weighted by Crippen LogP contribution is -2.20. The summed E-state index contributed by atoms with van der Waals surface area (Å²) in [7, 11) is -4.23. The van der Waals surface area contributed by atoms with Gasteiger partial charge in [-0.1, -0.05) is 36.4 Å². The number of benzene rings is 2. The summed E-state index contributed by atoms with van der Waals surface area (Å²) in [6.45, 7) is 0. The van der Waals surface area contributed by atoms with Crippen LogP contribution in [0.15, 0.2) is 60.7 Å². The van der Waals surface area contributed by atoms with Crippen molar-refractivity contribution in [3.8, 4) is 11.5 Å². The van der Waals surface area contributed by atoms with E-state index in [2.05, 4.69) is 0 Å². The molecule has 1 unspecified atom stereocenters. The van der Waals surface area contributed by atoms with Gasteiger partial charge in [-0.25, -0.2) is 0 Å². The van der Waals surface area contributed by atoms with Crippen LogP contribution >= 0.6 is 0 Å². The first-order valence-electron chi connectivity index (χ1n) is 8.13. The quantitative estimate of drug-likeness (QED) is 0.415. The molecule has 0 aliphatic carbocycles. The SMILES string of the molecule is O=S(=O)(O)[C@H](C/C=C/C(O)c1ccc(O)cc1)CCc1ccc(O)cc1. The summed E-state index contributed by atoms with van der Waals surface area (Å²) in [5.41, 5.74) is 1.41. The molecule has 26 heavy (non-hydrogen) atoms. The Morgan fingerprint density at radius 1 is 0.923 bits per heavy atom. The predicted octanol–water partition coefficient (Wildman–Crippen LogP) is 2.97. The van der Waals surface area contributed by atoms with Crippen molar-refractivity contribution in [1.29, 1.82) is 0 Å². The average Bonchev–Trinajstić information content (AvgIpc) is 2.58. The lowest BCUT2D eigenvalue weighted by Gasteiger charge is -2.12. The second-order valence-electron chi connectivity index (χ2n) is 6.04. The van der Waals surface area contributed by atoms with E-state index in [-0.39, 0.29) is 24.3 Å². The molecule has 2 atom stereocenters. The minimum Gasteiger partial charge on any atom is -0.508 e. The summed E-state index contributed by atoms with van der Waals surface area (Å²) >= 11 is 0. The van der Waals surface area contributed by atoms with Gasteiger partial charge in [-0.2, -0.15) is 8.42 Å². The van der Waals surface area contributed by atoms with Crippen molar-refractivity contribution in [2.75, 3.05) is 0 Å². The molecule has 0 aliphatic heterocycles. The molecule has 0 bridgehead atoms. The molecule has 0 heterocycles. The number of rotatable bonds is 8. The number of aliphatic hydroxyl groups is 1. The van der Waals surface area contributed by atoms with E-state index in [0.717, 1.165) is 5.56 Å². The fraction of sp³-hybridized carbons (Fsp3) is 0.263. The first-order valence-corrected chi connectivity index (χ1v) is 9.64. The molecule has 0 aromatic heterocycles. The zero-order valence-corrected chi connectivity index (χ0v) is 14.9. The van der Waals surface area contributed by atoms with Crippen LogP contribution in [0.2, 0.25) is 0 Å². The molecule has 0 radical (unpaired) electrons. The Balaban J connectivity index is 1.96. The van der Waals surface area contributed by atoms with Crippen LogP contribution < -0.4 is 0 Å². The molecule has 0 fully saturated rings. The third-order valence-corrected chi connectivity index (χ3v) is 5.34. The Labute approximate surface area is 152 Å². The van der Waals surface area contributed by atoms with E-state index < -0.39 is 21.5 Å². The Kier molecular flexibility index (Phi) is 6.79. The minimum absolute atomic E-state index is 0.0616. The highest BCUT2D eigenvalue weighted by Gasteiger charge is 2.21. The molecule has 0 spiro atoms. The van der Waals surface area contributed by atoms with Gasteiger partial charge in [-0.3, -0.25) is 4.55 Å². The van der Waals surface area contributed by atoms with Crippen LogP contribution in [0.3, 0.4) is 0 Å². The largest absolute Gasteiger partial charge is 0.508 e. The molecular formula is C19H22O6S. The maximum absolute atomic E-state index is 11.6. The van der Waals surface area contributed by atoms with Crippen molar-refractivity contribution in [1.82, 2.24) is 0 Å². The standard InChI is InChI=1S/C19H22O6S/c20-16-9-4-14(5-10-16)6-13-18(26(23,24)25)2-1-3-19(22)15-7-11-17(21)12-8-15/h1,3-5,7-12,18-22H,2,6,13H2,(H,23,24,25)/b3-1+/t18-,19?/m1/s1. The van der Waals surface area contributed by atoms with Crippen molar-refractivity contribution < 1.29 is 28.3 Å².